The molecule has 6 aromatic rings. The number of anilines is 1. The number of nitrogens with zero attached hydrogens (tertiary/aromatic N) is 5. The van der Waals surface area contributed by atoms with Gasteiger partial charge in [-0.05, 0) is 43.2 Å². The highest BCUT2D eigenvalue weighted by molar-refractivity contribution is 5.98. The number of carbonyl (C=O) groups is 1. The Morgan fingerprint density at radius 1 is 1.00 bits per heavy atom. The van der Waals surface area contributed by atoms with Crippen molar-refractivity contribution in [3.8, 4) is 34.0 Å². The van der Waals surface area contributed by atoms with Gasteiger partial charge < -0.3 is 10.3 Å². The summed E-state index contributed by atoms with van der Waals surface area (Å²) in [6, 6.07) is 12.3. The number of pyridine rings is 3. The van der Waals surface area contributed by atoms with E-state index in [0.29, 0.717) is 56.1 Å². The van der Waals surface area contributed by atoms with Crippen LogP contribution >= 0.6 is 0 Å². The maximum absolute atomic E-state index is 15.2. The summed E-state index contributed by atoms with van der Waals surface area (Å²) in [7, 11) is 0. The van der Waals surface area contributed by atoms with Crippen LogP contribution in [0.5, 0.6) is 0 Å². The van der Waals surface area contributed by atoms with Crippen LogP contribution in [-0.4, -0.2) is 41.0 Å². The predicted octanol–water partition coefficient (Wildman–Crippen LogP) is 5.50. The number of aromatic amines is 2. The van der Waals surface area contributed by atoms with E-state index in [1.54, 1.807) is 36.9 Å². The Morgan fingerprint density at radius 3 is 2.74 bits per heavy atom. The third-order valence-corrected chi connectivity index (χ3v) is 6.98. The van der Waals surface area contributed by atoms with E-state index >= 15 is 4.39 Å². The Labute approximate surface area is 215 Å². The topological polar surface area (TPSA) is 125 Å². The predicted molar refractivity (Wildman–Crippen MR) is 141 cm³/mol. The first kappa shape index (κ1) is 22.2. The molecule has 1 aromatic carbocycles. The minimum Gasteiger partial charge on any atom is -0.336 e. The number of hydrogen-bond acceptors (Lipinski definition) is 6. The first-order chi connectivity index (χ1) is 18.6. The summed E-state index contributed by atoms with van der Waals surface area (Å²) in [5, 5.41) is 10.9. The Morgan fingerprint density at radius 2 is 1.92 bits per heavy atom. The lowest BCUT2D eigenvalue weighted by Gasteiger charge is -2.24. The lowest BCUT2D eigenvalue weighted by atomic mass is 9.85. The molecule has 0 saturated heterocycles. The minimum atomic E-state index is -0.428. The van der Waals surface area contributed by atoms with Crippen LogP contribution in [-0.2, 0) is 4.79 Å². The molecule has 186 valence electrons. The molecular formula is C28H21FN8O. The molecule has 1 aliphatic carbocycles. The zero-order chi connectivity index (χ0) is 25.6. The van der Waals surface area contributed by atoms with Crippen molar-refractivity contribution in [3.63, 3.8) is 0 Å². The van der Waals surface area contributed by atoms with Crippen LogP contribution in [0.4, 0.5) is 10.1 Å². The monoisotopic (exact) mass is 504 g/mol. The van der Waals surface area contributed by atoms with Gasteiger partial charge >= 0.3 is 0 Å². The number of H-pyrrole nitrogens is 2. The maximum atomic E-state index is 15.2. The van der Waals surface area contributed by atoms with E-state index in [0.717, 1.165) is 24.8 Å². The highest BCUT2D eigenvalue weighted by Crippen LogP contribution is 2.34. The van der Waals surface area contributed by atoms with E-state index in [4.69, 9.17) is 4.98 Å². The lowest BCUT2D eigenvalue weighted by Crippen LogP contribution is -2.28. The minimum absolute atomic E-state index is 0.0207. The average molecular weight is 505 g/mol. The number of amides is 1. The zero-order valence-corrected chi connectivity index (χ0v) is 20.1. The summed E-state index contributed by atoms with van der Waals surface area (Å²) in [6.45, 7) is 0. The van der Waals surface area contributed by atoms with Crippen molar-refractivity contribution in [3.05, 3.63) is 73.1 Å². The molecule has 0 spiro atoms. The molecule has 38 heavy (non-hydrogen) atoms. The Hall–Kier alpha value is -4.99. The first-order valence-corrected chi connectivity index (χ1v) is 12.3. The Kier molecular flexibility index (Phi) is 5.17. The van der Waals surface area contributed by atoms with Gasteiger partial charge in [0.25, 0.3) is 0 Å². The number of fused-ring (bicyclic) bond motifs is 2. The normalized spacial score (nSPS) is 13.6. The van der Waals surface area contributed by atoms with Crippen molar-refractivity contribution < 1.29 is 9.18 Å². The molecule has 5 heterocycles. The summed E-state index contributed by atoms with van der Waals surface area (Å²) < 4.78 is 15.2. The highest BCUT2D eigenvalue weighted by atomic mass is 19.1. The van der Waals surface area contributed by atoms with E-state index in [9.17, 15) is 4.79 Å². The molecule has 1 fully saturated rings. The second kappa shape index (κ2) is 8.84. The quantitative estimate of drug-likeness (QED) is 0.285. The maximum Gasteiger partial charge on any atom is 0.227 e. The van der Waals surface area contributed by atoms with E-state index in [1.165, 1.54) is 6.07 Å². The van der Waals surface area contributed by atoms with Crippen molar-refractivity contribution in [2.75, 3.05) is 5.32 Å². The van der Waals surface area contributed by atoms with Crippen LogP contribution in [0.2, 0.25) is 0 Å². The second-order valence-electron chi connectivity index (χ2n) is 9.39. The summed E-state index contributed by atoms with van der Waals surface area (Å²) in [6.07, 6.45) is 9.43. The van der Waals surface area contributed by atoms with Crippen LogP contribution < -0.4 is 5.32 Å². The van der Waals surface area contributed by atoms with Gasteiger partial charge in [-0.2, -0.15) is 5.10 Å². The average Bonchev–Trinajstić information content (AvgIpc) is 3.51. The van der Waals surface area contributed by atoms with Crippen molar-refractivity contribution in [2.24, 2.45) is 5.92 Å². The third-order valence-electron chi connectivity index (χ3n) is 6.98. The molecule has 0 bridgehead atoms. The first-order valence-electron chi connectivity index (χ1n) is 12.3. The molecule has 1 aliphatic rings. The van der Waals surface area contributed by atoms with Crippen molar-refractivity contribution in [2.45, 2.75) is 19.3 Å². The molecule has 0 radical (unpaired) electrons. The van der Waals surface area contributed by atoms with Gasteiger partial charge in [-0.25, -0.2) is 9.37 Å². The molecule has 5 aromatic heterocycles. The van der Waals surface area contributed by atoms with Gasteiger partial charge in [0.05, 0.1) is 28.6 Å². The standard InChI is InChI=1S/C28H21FN8O/c29-20-12-23-19(11-18(20)16-10-17(14-30-13-16)33-28(38)15-4-3-5-15)24(37-36-23)27-34-22-7-9-32-25(26(22)35-27)21-6-1-2-8-31-21/h1-2,6-15H,3-5H2,(H,33,38)(H,34,35)(H,36,37). The fourth-order valence-corrected chi connectivity index (χ4v) is 4.75. The van der Waals surface area contributed by atoms with Crippen molar-refractivity contribution in [1.29, 1.82) is 0 Å². The highest BCUT2D eigenvalue weighted by Gasteiger charge is 2.25. The number of imidazole rings is 1. The van der Waals surface area contributed by atoms with Crippen LogP contribution in [0.3, 0.4) is 0 Å². The number of rotatable bonds is 5. The lowest BCUT2D eigenvalue weighted by molar-refractivity contribution is -0.122. The number of benzene rings is 1. The van der Waals surface area contributed by atoms with Gasteiger partial charge in [-0.3, -0.25) is 24.8 Å². The zero-order valence-electron chi connectivity index (χ0n) is 20.1. The van der Waals surface area contributed by atoms with Gasteiger partial charge in [0, 0.05) is 47.1 Å². The molecule has 0 atom stereocenters. The summed E-state index contributed by atoms with van der Waals surface area (Å²) in [4.78, 5) is 33.6. The Balaban J connectivity index is 1.29. The molecule has 1 amide bonds. The van der Waals surface area contributed by atoms with E-state index in [1.807, 2.05) is 24.3 Å². The van der Waals surface area contributed by atoms with Crippen LogP contribution in [0, 0.1) is 11.7 Å². The second-order valence-corrected chi connectivity index (χ2v) is 9.39. The van der Waals surface area contributed by atoms with Crippen LogP contribution in [0.1, 0.15) is 19.3 Å². The molecule has 9 nitrogen and oxygen atoms in total. The molecule has 1 saturated carbocycles. The summed E-state index contributed by atoms with van der Waals surface area (Å²) in [5.74, 6) is 0.113. The van der Waals surface area contributed by atoms with Crippen molar-refractivity contribution in [1.82, 2.24) is 35.1 Å². The van der Waals surface area contributed by atoms with E-state index in [-0.39, 0.29) is 11.8 Å². The number of carbonyl (C=O) groups excluding carboxylic acids is 1. The number of aromatic nitrogens is 7. The fraction of sp³-hybridized carbons (Fsp3) is 0.143. The number of nitrogens with one attached hydrogen (secondary N) is 3. The largest absolute Gasteiger partial charge is 0.336 e. The van der Waals surface area contributed by atoms with E-state index in [2.05, 4.69) is 35.5 Å². The summed E-state index contributed by atoms with van der Waals surface area (Å²) in [5.41, 5.74) is 5.34. The third kappa shape index (κ3) is 3.78. The SMILES string of the molecule is O=C(Nc1cncc(-c2cc3c(-c4nc5c(-c6ccccn6)nccc5[nH]4)n[nH]c3cc2F)c1)C1CCC1. The van der Waals surface area contributed by atoms with Crippen LogP contribution in [0.25, 0.3) is 56.0 Å². The molecule has 10 heteroatoms. The molecule has 7 rings (SSSR count). The number of halogens is 1. The van der Waals surface area contributed by atoms with Gasteiger partial charge in [-0.1, -0.05) is 12.5 Å². The Bertz CT molecular complexity index is 1820. The van der Waals surface area contributed by atoms with Gasteiger partial charge in [0.2, 0.25) is 5.91 Å². The molecular weight excluding hydrogens is 483 g/mol. The van der Waals surface area contributed by atoms with Gasteiger partial charge in [0.15, 0.2) is 5.82 Å². The van der Waals surface area contributed by atoms with Crippen molar-refractivity contribution >= 4 is 33.5 Å². The molecule has 0 aliphatic heterocycles. The van der Waals surface area contributed by atoms with Crippen LogP contribution in [0.15, 0.2) is 67.3 Å². The smallest absolute Gasteiger partial charge is 0.227 e. The van der Waals surface area contributed by atoms with Gasteiger partial charge in [0.1, 0.15) is 22.7 Å². The molecule has 0 unspecified atom stereocenters. The fourth-order valence-electron chi connectivity index (χ4n) is 4.75. The summed E-state index contributed by atoms with van der Waals surface area (Å²) >= 11 is 0. The van der Waals surface area contributed by atoms with E-state index < -0.39 is 5.82 Å². The number of hydrogen-bond donors (Lipinski definition) is 3. The molecule has 3 N–H and O–H groups in total. The van der Waals surface area contributed by atoms with Gasteiger partial charge in [-0.15, -0.1) is 0 Å².